The lowest BCUT2D eigenvalue weighted by atomic mass is 10.1. The Hall–Kier alpha value is -3.01. The Kier molecular flexibility index (Phi) is 7.16. The number of nitrogens with zero attached hydrogens (tertiary/aromatic N) is 1. The lowest BCUT2D eigenvalue weighted by molar-refractivity contribution is -0.139. The zero-order valence-corrected chi connectivity index (χ0v) is 20.6. The predicted octanol–water partition coefficient (Wildman–Crippen LogP) is 4.22. The van der Waals surface area contributed by atoms with Crippen molar-refractivity contribution in [3.8, 4) is 11.1 Å². The van der Waals surface area contributed by atoms with Gasteiger partial charge in [-0.1, -0.05) is 58.4 Å². The van der Waals surface area contributed by atoms with Crippen molar-refractivity contribution < 1.29 is 23.1 Å². The number of sulfonamides is 1. The first-order valence-corrected chi connectivity index (χ1v) is 13.0. The molecule has 0 spiro atoms. The van der Waals surface area contributed by atoms with E-state index >= 15 is 0 Å². The van der Waals surface area contributed by atoms with Gasteiger partial charge < -0.3 is 10.0 Å². The normalized spacial score (nSPS) is 14.0. The van der Waals surface area contributed by atoms with Crippen molar-refractivity contribution in [3.63, 3.8) is 0 Å². The van der Waals surface area contributed by atoms with Gasteiger partial charge in [-0.2, -0.15) is 4.72 Å². The third-order valence-electron chi connectivity index (χ3n) is 5.77. The molecule has 7 nitrogen and oxygen atoms in total. The van der Waals surface area contributed by atoms with Crippen LogP contribution in [0.4, 0.5) is 5.69 Å². The van der Waals surface area contributed by atoms with Crippen LogP contribution in [0.25, 0.3) is 11.1 Å². The maximum absolute atomic E-state index is 12.8. The van der Waals surface area contributed by atoms with Crippen LogP contribution in [0, 0.1) is 0 Å². The third-order valence-corrected chi connectivity index (χ3v) is 7.79. The first-order valence-electron chi connectivity index (χ1n) is 10.7. The molecule has 176 valence electrons. The van der Waals surface area contributed by atoms with Crippen molar-refractivity contribution in [2.24, 2.45) is 0 Å². The number of para-hydroxylation sites is 1. The number of benzene rings is 3. The van der Waals surface area contributed by atoms with E-state index in [-0.39, 0.29) is 23.6 Å². The number of halogens is 1. The van der Waals surface area contributed by atoms with E-state index in [4.69, 9.17) is 0 Å². The number of carboxylic acids is 1. The summed E-state index contributed by atoms with van der Waals surface area (Å²) < 4.78 is 28.8. The van der Waals surface area contributed by atoms with Crippen LogP contribution in [0.1, 0.15) is 18.4 Å². The van der Waals surface area contributed by atoms with Crippen molar-refractivity contribution in [3.05, 3.63) is 82.8 Å². The number of nitrogens with one attached hydrogen (secondary N) is 1. The summed E-state index contributed by atoms with van der Waals surface area (Å²) in [5.41, 5.74) is 3.65. The van der Waals surface area contributed by atoms with Crippen LogP contribution in [0.3, 0.4) is 0 Å². The van der Waals surface area contributed by atoms with Gasteiger partial charge in [0.1, 0.15) is 6.04 Å². The molecule has 0 aromatic heterocycles. The summed E-state index contributed by atoms with van der Waals surface area (Å²) in [6.07, 6.45) is 0.506. The van der Waals surface area contributed by atoms with Gasteiger partial charge in [0, 0.05) is 23.1 Å². The Morgan fingerprint density at radius 2 is 1.59 bits per heavy atom. The predicted molar refractivity (Wildman–Crippen MR) is 133 cm³/mol. The molecule has 0 bridgehead atoms. The number of anilines is 1. The number of carboxylic acid groups (broad SMARTS) is 1. The van der Waals surface area contributed by atoms with Crippen LogP contribution in [-0.2, 0) is 26.0 Å². The molecule has 4 rings (SSSR count). The Labute approximate surface area is 206 Å². The molecule has 9 heteroatoms. The van der Waals surface area contributed by atoms with Gasteiger partial charge >= 0.3 is 5.97 Å². The second-order valence-corrected chi connectivity index (χ2v) is 10.6. The Bertz CT molecular complexity index is 1310. The number of carbonyl (C=O) groups excluding carboxylic acids is 1. The number of hydrogen-bond donors (Lipinski definition) is 2. The van der Waals surface area contributed by atoms with Crippen LogP contribution in [0.15, 0.2) is 82.2 Å². The molecule has 1 amide bonds. The van der Waals surface area contributed by atoms with Crippen LogP contribution in [0.2, 0.25) is 0 Å². The second kappa shape index (κ2) is 10.1. The smallest absolute Gasteiger partial charge is 0.321 e. The number of amides is 1. The van der Waals surface area contributed by atoms with Crippen LogP contribution in [-0.4, -0.2) is 38.0 Å². The van der Waals surface area contributed by atoms with Gasteiger partial charge in [0.25, 0.3) is 0 Å². The molecule has 3 aromatic rings. The summed E-state index contributed by atoms with van der Waals surface area (Å²) in [4.78, 5) is 26.1. The molecule has 1 aliphatic heterocycles. The molecule has 2 N–H and O–H groups in total. The summed E-state index contributed by atoms with van der Waals surface area (Å²) >= 11 is 3.38. The summed E-state index contributed by atoms with van der Waals surface area (Å²) in [5.74, 6) is -1.56. The van der Waals surface area contributed by atoms with Crippen LogP contribution in [0.5, 0.6) is 0 Å². The van der Waals surface area contributed by atoms with E-state index in [1.54, 1.807) is 17.0 Å². The fourth-order valence-corrected chi connectivity index (χ4v) is 5.45. The molecule has 1 atom stereocenters. The Morgan fingerprint density at radius 3 is 2.24 bits per heavy atom. The Morgan fingerprint density at radius 1 is 0.971 bits per heavy atom. The molecule has 1 heterocycles. The lowest BCUT2D eigenvalue weighted by Gasteiger charge is -2.19. The van der Waals surface area contributed by atoms with Gasteiger partial charge in [-0.25, -0.2) is 8.42 Å². The van der Waals surface area contributed by atoms with E-state index in [0.29, 0.717) is 6.54 Å². The van der Waals surface area contributed by atoms with Crippen molar-refractivity contribution in [1.82, 2.24) is 4.72 Å². The topological polar surface area (TPSA) is 104 Å². The fraction of sp³-hybridized carbons (Fsp3) is 0.200. The highest BCUT2D eigenvalue weighted by atomic mass is 79.9. The Balaban J connectivity index is 1.42. The fourth-order valence-electron chi connectivity index (χ4n) is 3.96. The molecular weight excluding hydrogens is 520 g/mol. The molecule has 3 aromatic carbocycles. The molecule has 0 fully saturated rings. The first-order chi connectivity index (χ1) is 16.2. The minimum absolute atomic E-state index is 0.0422. The van der Waals surface area contributed by atoms with E-state index in [9.17, 15) is 23.1 Å². The largest absolute Gasteiger partial charge is 0.480 e. The molecule has 34 heavy (non-hydrogen) atoms. The minimum Gasteiger partial charge on any atom is -0.480 e. The van der Waals surface area contributed by atoms with E-state index in [2.05, 4.69) is 20.7 Å². The van der Waals surface area contributed by atoms with Gasteiger partial charge in [0.15, 0.2) is 0 Å². The highest BCUT2D eigenvalue weighted by Gasteiger charge is 2.29. The maximum Gasteiger partial charge on any atom is 0.321 e. The average Bonchev–Trinajstić information content (AvgIpc) is 3.26. The number of rotatable bonds is 8. The van der Waals surface area contributed by atoms with Gasteiger partial charge in [0.05, 0.1) is 4.90 Å². The lowest BCUT2D eigenvalue weighted by Crippen LogP contribution is -2.41. The highest BCUT2D eigenvalue weighted by Crippen LogP contribution is 2.28. The van der Waals surface area contributed by atoms with Crippen LogP contribution >= 0.6 is 15.9 Å². The summed E-state index contributed by atoms with van der Waals surface area (Å²) in [7, 11) is -4.09. The molecular formula is C25H23BrN2O5S. The molecule has 0 unspecified atom stereocenters. The molecule has 0 radical (unpaired) electrons. The zero-order chi connectivity index (χ0) is 24.3. The van der Waals surface area contributed by atoms with Crippen LogP contribution < -0.4 is 9.62 Å². The summed E-state index contributed by atoms with van der Waals surface area (Å²) in [6.45, 7) is 0.534. The van der Waals surface area contributed by atoms with Gasteiger partial charge in [-0.15, -0.1) is 0 Å². The highest BCUT2D eigenvalue weighted by molar-refractivity contribution is 9.10. The van der Waals surface area contributed by atoms with E-state index in [1.165, 1.54) is 12.1 Å². The maximum atomic E-state index is 12.8. The molecule has 0 saturated heterocycles. The van der Waals surface area contributed by atoms with Crippen molar-refractivity contribution in [1.29, 1.82) is 0 Å². The number of aliphatic carboxylic acids is 1. The quantitative estimate of drug-likeness (QED) is 0.443. The first kappa shape index (κ1) is 24.1. The standard InChI is InChI=1S/C25H23BrN2O5S/c26-20-9-5-17(6-10-20)18-7-11-21(12-8-18)34(32,33)27-22(25(30)31)13-14-24(29)28-16-15-19-3-1-2-4-23(19)28/h1-12,22,27H,13-16H2,(H,30,31)/t22-/m0/s1. The van der Waals surface area contributed by atoms with Crippen molar-refractivity contribution in [2.75, 3.05) is 11.4 Å². The van der Waals surface area contributed by atoms with Crippen molar-refractivity contribution in [2.45, 2.75) is 30.2 Å². The summed E-state index contributed by atoms with van der Waals surface area (Å²) in [6, 6.07) is 20.0. The third kappa shape index (κ3) is 5.38. The zero-order valence-electron chi connectivity index (χ0n) is 18.1. The molecule has 0 saturated carbocycles. The van der Waals surface area contributed by atoms with E-state index in [1.807, 2.05) is 48.5 Å². The second-order valence-electron chi connectivity index (χ2n) is 8.01. The SMILES string of the molecule is O=C(O)[C@H](CCC(=O)N1CCc2ccccc21)NS(=O)(=O)c1ccc(-c2ccc(Br)cc2)cc1. The average molecular weight is 543 g/mol. The molecule has 0 aliphatic carbocycles. The molecule has 1 aliphatic rings. The van der Waals surface area contributed by atoms with Gasteiger partial charge in [-0.3, -0.25) is 9.59 Å². The van der Waals surface area contributed by atoms with Gasteiger partial charge in [-0.05, 0) is 59.9 Å². The minimum atomic E-state index is -4.09. The van der Waals surface area contributed by atoms with E-state index in [0.717, 1.165) is 33.3 Å². The van der Waals surface area contributed by atoms with Crippen molar-refractivity contribution >= 4 is 43.5 Å². The van der Waals surface area contributed by atoms with Gasteiger partial charge in [0.2, 0.25) is 15.9 Å². The monoisotopic (exact) mass is 542 g/mol. The number of hydrogen-bond acceptors (Lipinski definition) is 4. The number of fused-ring (bicyclic) bond motifs is 1. The summed E-state index contributed by atoms with van der Waals surface area (Å²) in [5, 5.41) is 9.58. The van der Waals surface area contributed by atoms with E-state index < -0.39 is 22.0 Å². The number of carbonyl (C=O) groups is 2.